The fraction of sp³-hybridized carbons (Fsp3) is 0.111. The zero-order valence-electron chi connectivity index (χ0n) is 18.2. The van der Waals surface area contributed by atoms with Crippen molar-refractivity contribution in [3.05, 3.63) is 105 Å². The number of imidazole rings is 1. The lowest BCUT2D eigenvalue weighted by Gasteiger charge is -2.33. The quantitative estimate of drug-likeness (QED) is 0.286. The molecule has 3 aromatic carbocycles. The van der Waals surface area contributed by atoms with Crippen LogP contribution < -0.4 is 5.32 Å². The average molecular weight is 485 g/mol. The van der Waals surface area contributed by atoms with E-state index in [0.29, 0.717) is 11.0 Å². The highest BCUT2D eigenvalue weighted by molar-refractivity contribution is 7.10. The van der Waals surface area contributed by atoms with Crippen LogP contribution in [0.2, 0.25) is 5.02 Å². The van der Waals surface area contributed by atoms with Crippen LogP contribution in [0.1, 0.15) is 22.0 Å². The highest BCUT2D eigenvalue weighted by Crippen LogP contribution is 2.38. The van der Waals surface area contributed by atoms with E-state index in [4.69, 9.17) is 16.6 Å². The minimum Gasteiger partial charge on any atom is -0.334 e. The first kappa shape index (κ1) is 21.0. The van der Waals surface area contributed by atoms with Crippen molar-refractivity contribution in [3.63, 3.8) is 0 Å². The lowest BCUT2D eigenvalue weighted by Crippen LogP contribution is -2.34. The van der Waals surface area contributed by atoms with Crippen LogP contribution in [-0.2, 0) is 11.2 Å². The maximum Gasteiger partial charge on any atom is 0.213 e. The Bertz CT molecular complexity index is 1490. The molecule has 0 saturated carbocycles. The summed E-state index contributed by atoms with van der Waals surface area (Å²) >= 11 is 8.09. The fourth-order valence-electron chi connectivity index (χ4n) is 4.70. The molecule has 0 spiro atoms. The monoisotopic (exact) mass is 484 g/mol. The zero-order valence-corrected chi connectivity index (χ0v) is 19.8. The third-order valence-corrected chi connectivity index (χ3v) is 7.46. The Morgan fingerprint density at radius 1 is 1.03 bits per heavy atom. The van der Waals surface area contributed by atoms with Crippen LogP contribution in [0.25, 0.3) is 16.7 Å². The van der Waals surface area contributed by atoms with Gasteiger partial charge in [-0.05, 0) is 71.5 Å². The predicted molar refractivity (Wildman–Crippen MR) is 138 cm³/mol. The number of halogens is 1. The van der Waals surface area contributed by atoms with E-state index < -0.39 is 0 Å². The van der Waals surface area contributed by atoms with Gasteiger partial charge < -0.3 is 10.2 Å². The first-order valence-electron chi connectivity index (χ1n) is 11.1. The van der Waals surface area contributed by atoms with Crippen LogP contribution >= 0.6 is 22.9 Å². The third kappa shape index (κ3) is 3.65. The molecule has 1 unspecified atom stereocenters. The molecular weight excluding hydrogens is 464 g/mol. The Morgan fingerprint density at radius 3 is 2.74 bits per heavy atom. The average Bonchev–Trinajstić information content (AvgIpc) is 3.47. The molecule has 1 aliphatic rings. The number of benzene rings is 3. The number of aromatic nitrogens is 2. The molecule has 0 fully saturated rings. The number of nitrogens with one attached hydrogen (secondary N) is 1. The summed E-state index contributed by atoms with van der Waals surface area (Å²) in [5.41, 5.74) is 5.95. The van der Waals surface area contributed by atoms with Gasteiger partial charge in [0.25, 0.3) is 0 Å². The SMILES string of the molecule is O=CN1CCc2sccc2C1c1ccc2c(c1)nc(Nc1ccccc1)n2-c1cccc(Cl)c1. The first-order chi connectivity index (χ1) is 16.7. The number of fused-ring (bicyclic) bond motifs is 2. The minimum absolute atomic E-state index is 0.0984. The van der Waals surface area contributed by atoms with Crippen LogP contribution in [0.5, 0.6) is 0 Å². The number of hydrogen-bond donors (Lipinski definition) is 1. The standard InChI is InChI=1S/C27H21ClN4OS/c28-19-5-4-8-21(16-19)32-24-10-9-18(26-22-12-14-34-25(22)11-13-31(26)17-33)15-23(24)30-27(32)29-20-6-2-1-3-7-20/h1-10,12,14-17,26H,11,13H2,(H,29,30). The van der Waals surface area contributed by atoms with Gasteiger partial charge in [0.15, 0.2) is 0 Å². The summed E-state index contributed by atoms with van der Waals surface area (Å²) in [7, 11) is 0. The van der Waals surface area contributed by atoms with E-state index in [1.165, 1.54) is 10.4 Å². The molecule has 0 saturated heterocycles. The van der Waals surface area contributed by atoms with Crippen molar-refractivity contribution in [2.75, 3.05) is 11.9 Å². The summed E-state index contributed by atoms with van der Waals surface area (Å²) in [6.07, 6.45) is 1.86. The molecule has 1 atom stereocenters. The topological polar surface area (TPSA) is 50.2 Å². The van der Waals surface area contributed by atoms with Crippen LogP contribution in [0.4, 0.5) is 11.6 Å². The summed E-state index contributed by atoms with van der Waals surface area (Å²) in [5.74, 6) is 0.702. The Hall–Kier alpha value is -3.61. The van der Waals surface area contributed by atoms with E-state index in [1.807, 2.05) is 59.5 Å². The van der Waals surface area contributed by atoms with Gasteiger partial charge >= 0.3 is 0 Å². The number of carbonyl (C=O) groups excluding carboxylic acids is 1. The number of amides is 1. The van der Waals surface area contributed by atoms with Crippen molar-refractivity contribution in [1.82, 2.24) is 14.5 Å². The molecule has 1 N–H and O–H groups in total. The number of nitrogens with zero attached hydrogens (tertiary/aromatic N) is 3. The van der Waals surface area contributed by atoms with Crippen molar-refractivity contribution >= 4 is 52.0 Å². The van der Waals surface area contributed by atoms with E-state index in [-0.39, 0.29) is 6.04 Å². The molecule has 0 bridgehead atoms. The molecule has 3 heterocycles. The maximum absolute atomic E-state index is 11.9. The Morgan fingerprint density at radius 2 is 1.91 bits per heavy atom. The number of para-hydroxylation sites is 1. The molecule has 1 aliphatic heterocycles. The van der Waals surface area contributed by atoms with E-state index in [1.54, 1.807) is 11.3 Å². The molecule has 5 aromatic rings. The van der Waals surface area contributed by atoms with Gasteiger partial charge in [0.05, 0.1) is 22.8 Å². The first-order valence-corrected chi connectivity index (χ1v) is 12.3. The van der Waals surface area contributed by atoms with E-state index in [2.05, 4.69) is 39.5 Å². The third-order valence-electron chi connectivity index (χ3n) is 6.23. The molecule has 7 heteroatoms. The van der Waals surface area contributed by atoms with Gasteiger partial charge in [-0.1, -0.05) is 41.9 Å². The lowest BCUT2D eigenvalue weighted by molar-refractivity contribution is -0.119. The van der Waals surface area contributed by atoms with Crippen LogP contribution in [0.3, 0.4) is 0 Å². The van der Waals surface area contributed by atoms with Gasteiger partial charge in [-0.15, -0.1) is 11.3 Å². The number of thiophene rings is 1. The Balaban J connectivity index is 1.51. The second-order valence-electron chi connectivity index (χ2n) is 8.28. The van der Waals surface area contributed by atoms with Crippen LogP contribution in [-0.4, -0.2) is 27.4 Å². The summed E-state index contributed by atoms with van der Waals surface area (Å²) < 4.78 is 2.08. The van der Waals surface area contributed by atoms with Gasteiger partial charge in [0.1, 0.15) is 0 Å². The smallest absolute Gasteiger partial charge is 0.213 e. The molecule has 5 nitrogen and oxygen atoms in total. The van der Waals surface area contributed by atoms with E-state index in [0.717, 1.165) is 47.3 Å². The molecule has 1 amide bonds. The molecule has 168 valence electrons. The number of anilines is 2. The highest BCUT2D eigenvalue weighted by Gasteiger charge is 2.29. The molecule has 6 rings (SSSR count). The minimum atomic E-state index is -0.0984. The lowest BCUT2D eigenvalue weighted by atomic mass is 9.93. The van der Waals surface area contributed by atoms with Gasteiger partial charge in [-0.25, -0.2) is 4.98 Å². The Kier molecular flexibility index (Phi) is 5.32. The number of carbonyl (C=O) groups is 1. The normalized spacial score (nSPS) is 15.3. The second-order valence-corrected chi connectivity index (χ2v) is 9.72. The van der Waals surface area contributed by atoms with Gasteiger partial charge in [0.2, 0.25) is 12.4 Å². The van der Waals surface area contributed by atoms with E-state index in [9.17, 15) is 4.79 Å². The van der Waals surface area contributed by atoms with Crippen LogP contribution in [0, 0.1) is 0 Å². The predicted octanol–water partition coefficient (Wildman–Crippen LogP) is 6.59. The van der Waals surface area contributed by atoms with Gasteiger partial charge in [-0.3, -0.25) is 9.36 Å². The summed E-state index contributed by atoms with van der Waals surface area (Å²) in [4.78, 5) is 20.1. The van der Waals surface area contributed by atoms with Gasteiger partial charge in [-0.2, -0.15) is 0 Å². The highest BCUT2D eigenvalue weighted by atomic mass is 35.5. The zero-order chi connectivity index (χ0) is 23.1. The van der Waals surface area contributed by atoms with Gasteiger partial charge in [0, 0.05) is 22.1 Å². The summed E-state index contributed by atoms with van der Waals surface area (Å²) in [6, 6.07) is 26.0. The molecule has 0 aliphatic carbocycles. The van der Waals surface area contributed by atoms with E-state index >= 15 is 0 Å². The van der Waals surface area contributed by atoms with Crippen LogP contribution in [0.15, 0.2) is 84.2 Å². The van der Waals surface area contributed by atoms with Crippen molar-refractivity contribution in [2.45, 2.75) is 12.5 Å². The van der Waals surface area contributed by atoms with Crippen molar-refractivity contribution in [1.29, 1.82) is 0 Å². The van der Waals surface area contributed by atoms with Crippen molar-refractivity contribution in [2.24, 2.45) is 0 Å². The molecule has 2 aromatic heterocycles. The molecule has 0 radical (unpaired) electrons. The molecule has 34 heavy (non-hydrogen) atoms. The second kappa shape index (κ2) is 8.63. The maximum atomic E-state index is 11.9. The largest absolute Gasteiger partial charge is 0.334 e. The number of rotatable bonds is 5. The van der Waals surface area contributed by atoms with Crippen molar-refractivity contribution < 1.29 is 4.79 Å². The number of hydrogen-bond acceptors (Lipinski definition) is 4. The fourth-order valence-corrected chi connectivity index (χ4v) is 5.79. The molecular formula is C27H21ClN4OS. The van der Waals surface area contributed by atoms with Crippen molar-refractivity contribution in [3.8, 4) is 5.69 Å². The summed E-state index contributed by atoms with van der Waals surface area (Å²) in [5, 5.41) is 6.23. The Labute approximate surface area is 206 Å². The summed E-state index contributed by atoms with van der Waals surface area (Å²) in [6.45, 7) is 0.720.